The van der Waals surface area contributed by atoms with Crippen molar-refractivity contribution in [3.63, 3.8) is 0 Å². The highest BCUT2D eigenvalue weighted by Crippen LogP contribution is 2.26. The lowest BCUT2D eigenvalue weighted by Gasteiger charge is -2.34. The van der Waals surface area contributed by atoms with E-state index in [1.54, 1.807) is 25.1 Å². The van der Waals surface area contributed by atoms with E-state index < -0.39 is 14.8 Å². The van der Waals surface area contributed by atoms with Crippen LogP contribution in [0.25, 0.3) is 0 Å². The second-order valence-electron chi connectivity index (χ2n) is 5.47. The predicted molar refractivity (Wildman–Crippen MR) is 66.7 cm³/mol. The minimum atomic E-state index is -3.23. The molecule has 1 atom stereocenters. The van der Waals surface area contributed by atoms with Gasteiger partial charge in [0.1, 0.15) is 0 Å². The second kappa shape index (κ2) is 5.02. The Bertz CT molecular complexity index is 319. The van der Waals surface area contributed by atoms with Crippen LogP contribution in [-0.4, -0.2) is 36.6 Å². The molecule has 1 rings (SSSR count). The fraction of sp³-hybridized carbons (Fsp3) is 1.00. The zero-order chi connectivity index (χ0) is 12.4. The lowest BCUT2D eigenvalue weighted by molar-refractivity contribution is 0.318. The van der Waals surface area contributed by atoms with Crippen molar-refractivity contribution in [1.29, 1.82) is 0 Å². The van der Waals surface area contributed by atoms with E-state index in [2.05, 4.69) is 0 Å². The van der Waals surface area contributed by atoms with Crippen LogP contribution in [0.3, 0.4) is 0 Å². The van der Waals surface area contributed by atoms with Crippen LogP contribution in [0.4, 0.5) is 0 Å². The van der Waals surface area contributed by atoms with Crippen LogP contribution in [0.1, 0.15) is 46.5 Å². The Kier molecular flexibility index (Phi) is 4.37. The summed E-state index contributed by atoms with van der Waals surface area (Å²) in [6.07, 6.45) is 4.03. The molecule has 1 aliphatic heterocycles. The molecule has 0 spiro atoms. The van der Waals surface area contributed by atoms with Gasteiger partial charge in [-0.15, -0.1) is 0 Å². The molecule has 0 aromatic heterocycles. The summed E-state index contributed by atoms with van der Waals surface area (Å²) in [6.45, 7) is 6.30. The third kappa shape index (κ3) is 2.76. The highest BCUT2D eigenvalue weighted by molar-refractivity contribution is 7.90. The molecule has 0 aromatic rings. The minimum absolute atomic E-state index is 0.00766. The van der Waals surface area contributed by atoms with E-state index >= 15 is 0 Å². The topological polar surface area (TPSA) is 63.4 Å². The Labute approximate surface area is 99.2 Å². The molecule has 0 saturated carbocycles. The van der Waals surface area contributed by atoms with Crippen molar-refractivity contribution in [3.8, 4) is 0 Å². The summed E-state index contributed by atoms with van der Waals surface area (Å²) in [5.74, 6) is 0. The number of rotatable bonds is 2. The lowest BCUT2D eigenvalue weighted by atomic mass is 10.1. The molecular formula is C11H24N2O2S. The highest BCUT2D eigenvalue weighted by atomic mass is 32.2. The Balaban J connectivity index is 2.99. The van der Waals surface area contributed by atoms with Crippen molar-refractivity contribution in [2.24, 2.45) is 5.73 Å². The fourth-order valence-electron chi connectivity index (χ4n) is 2.05. The molecule has 4 nitrogen and oxygen atoms in total. The number of hydrogen-bond acceptors (Lipinski definition) is 3. The Morgan fingerprint density at radius 2 is 1.88 bits per heavy atom. The molecule has 1 saturated heterocycles. The first-order chi connectivity index (χ1) is 7.30. The second-order valence-corrected chi connectivity index (χ2v) is 8.11. The number of nitrogens with zero attached hydrogens (tertiary/aromatic N) is 1. The normalized spacial score (nSPS) is 25.4. The summed E-state index contributed by atoms with van der Waals surface area (Å²) in [7, 11) is -3.23. The summed E-state index contributed by atoms with van der Waals surface area (Å²) < 4.78 is 25.7. The molecule has 0 amide bonds. The average Bonchev–Trinajstić information content (AvgIpc) is 2.40. The largest absolute Gasteiger partial charge is 0.329 e. The van der Waals surface area contributed by atoms with Crippen LogP contribution in [0.5, 0.6) is 0 Å². The van der Waals surface area contributed by atoms with Crippen molar-refractivity contribution in [3.05, 3.63) is 0 Å². The van der Waals surface area contributed by atoms with E-state index in [9.17, 15) is 8.42 Å². The number of sulfonamides is 1. The highest BCUT2D eigenvalue weighted by Gasteiger charge is 2.38. The molecule has 0 radical (unpaired) electrons. The van der Waals surface area contributed by atoms with Gasteiger partial charge in [0.15, 0.2) is 0 Å². The molecule has 0 bridgehead atoms. The Morgan fingerprint density at radius 1 is 1.25 bits per heavy atom. The molecule has 16 heavy (non-hydrogen) atoms. The van der Waals surface area contributed by atoms with E-state index in [0.29, 0.717) is 13.1 Å². The van der Waals surface area contributed by atoms with Gasteiger partial charge in [-0.3, -0.25) is 0 Å². The summed E-state index contributed by atoms with van der Waals surface area (Å²) in [5.41, 5.74) is 5.70. The average molecular weight is 248 g/mol. The van der Waals surface area contributed by atoms with E-state index in [1.165, 1.54) is 0 Å². The fourth-order valence-corrected chi connectivity index (χ4v) is 3.71. The van der Waals surface area contributed by atoms with Crippen molar-refractivity contribution in [2.45, 2.75) is 57.2 Å². The van der Waals surface area contributed by atoms with Gasteiger partial charge in [-0.25, -0.2) is 8.42 Å². The maximum Gasteiger partial charge on any atom is 0.219 e. The molecule has 1 unspecified atom stereocenters. The molecule has 1 fully saturated rings. The van der Waals surface area contributed by atoms with Crippen LogP contribution in [0.15, 0.2) is 0 Å². The third-order valence-electron chi connectivity index (χ3n) is 3.18. The third-order valence-corrected chi connectivity index (χ3v) is 5.82. The maximum absolute atomic E-state index is 12.4. The van der Waals surface area contributed by atoms with Crippen LogP contribution in [0.2, 0.25) is 0 Å². The first-order valence-corrected chi connectivity index (χ1v) is 7.46. The van der Waals surface area contributed by atoms with Gasteiger partial charge in [0, 0.05) is 19.1 Å². The van der Waals surface area contributed by atoms with Gasteiger partial charge < -0.3 is 5.73 Å². The minimum Gasteiger partial charge on any atom is -0.329 e. The van der Waals surface area contributed by atoms with Crippen molar-refractivity contribution >= 4 is 10.0 Å². The van der Waals surface area contributed by atoms with Gasteiger partial charge in [-0.2, -0.15) is 4.31 Å². The zero-order valence-electron chi connectivity index (χ0n) is 10.6. The zero-order valence-corrected chi connectivity index (χ0v) is 11.4. The van der Waals surface area contributed by atoms with Gasteiger partial charge in [-0.1, -0.05) is 12.8 Å². The van der Waals surface area contributed by atoms with Gasteiger partial charge in [-0.05, 0) is 33.6 Å². The van der Waals surface area contributed by atoms with Gasteiger partial charge in [0.25, 0.3) is 0 Å². The number of nitrogens with two attached hydrogens (primary N) is 1. The number of hydrogen-bond donors (Lipinski definition) is 1. The summed E-state index contributed by atoms with van der Waals surface area (Å²) in [6, 6.07) is -0.00766. The van der Waals surface area contributed by atoms with E-state index in [-0.39, 0.29) is 6.04 Å². The van der Waals surface area contributed by atoms with Crippen molar-refractivity contribution in [2.75, 3.05) is 13.1 Å². The van der Waals surface area contributed by atoms with E-state index in [0.717, 1.165) is 25.7 Å². The Morgan fingerprint density at radius 3 is 2.38 bits per heavy atom. The van der Waals surface area contributed by atoms with E-state index in [4.69, 9.17) is 5.73 Å². The molecule has 0 aromatic carbocycles. The smallest absolute Gasteiger partial charge is 0.219 e. The predicted octanol–water partition coefficient (Wildman–Crippen LogP) is 1.32. The van der Waals surface area contributed by atoms with Gasteiger partial charge in [0.2, 0.25) is 10.0 Å². The molecule has 2 N–H and O–H groups in total. The molecule has 1 heterocycles. The molecule has 96 valence electrons. The summed E-state index contributed by atoms with van der Waals surface area (Å²) >= 11 is 0. The quantitative estimate of drug-likeness (QED) is 0.801. The first-order valence-electron chi connectivity index (χ1n) is 6.02. The summed E-state index contributed by atoms with van der Waals surface area (Å²) in [5, 5.41) is 0. The molecule has 5 heteroatoms. The molecule has 0 aliphatic carbocycles. The standard InChI is InChI=1S/C11H24N2O2S/c1-11(2,3)16(14,15)13-8-6-4-5-7-10(13)9-12/h10H,4-9,12H2,1-3H3. The van der Waals surface area contributed by atoms with Crippen LogP contribution >= 0.6 is 0 Å². The molecule has 1 aliphatic rings. The Hall–Kier alpha value is -0.130. The van der Waals surface area contributed by atoms with E-state index in [1.807, 2.05) is 0 Å². The van der Waals surface area contributed by atoms with Gasteiger partial charge >= 0.3 is 0 Å². The van der Waals surface area contributed by atoms with Crippen LogP contribution in [0, 0.1) is 0 Å². The van der Waals surface area contributed by atoms with Crippen LogP contribution < -0.4 is 5.73 Å². The first kappa shape index (κ1) is 13.9. The van der Waals surface area contributed by atoms with Gasteiger partial charge in [0.05, 0.1) is 4.75 Å². The summed E-state index contributed by atoms with van der Waals surface area (Å²) in [4.78, 5) is 0. The maximum atomic E-state index is 12.4. The molecular weight excluding hydrogens is 224 g/mol. The van der Waals surface area contributed by atoms with Crippen molar-refractivity contribution < 1.29 is 8.42 Å². The van der Waals surface area contributed by atoms with Crippen LogP contribution in [-0.2, 0) is 10.0 Å². The van der Waals surface area contributed by atoms with Crippen molar-refractivity contribution in [1.82, 2.24) is 4.31 Å². The monoisotopic (exact) mass is 248 g/mol. The SMILES string of the molecule is CC(C)(C)S(=O)(=O)N1CCCCCC1CN. The lowest BCUT2D eigenvalue weighted by Crippen LogP contribution is -2.50.